The Kier molecular flexibility index (Phi) is 4.66. The van der Waals surface area contributed by atoms with Gasteiger partial charge in [0.2, 0.25) is 5.91 Å². The average Bonchev–Trinajstić information content (AvgIpc) is 2.32. The highest BCUT2D eigenvalue weighted by Crippen LogP contribution is 2.29. The molecule has 2 rings (SSSR count). The lowest BCUT2D eigenvalue weighted by Crippen LogP contribution is -2.49. The number of carbonyl (C=O) groups excluding carboxylic acids is 1. The van der Waals surface area contributed by atoms with Crippen LogP contribution in [0.5, 0.6) is 0 Å². The first kappa shape index (κ1) is 13.9. The molecule has 0 aromatic rings. The average molecular weight is 252 g/mol. The number of hydrogen-bond acceptors (Lipinski definition) is 2. The van der Waals surface area contributed by atoms with Crippen LogP contribution in [0.4, 0.5) is 0 Å². The summed E-state index contributed by atoms with van der Waals surface area (Å²) in [6.07, 6.45) is 8.98. The molecule has 2 fully saturated rings. The summed E-state index contributed by atoms with van der Waals surface area (Å²) in [4.78, 5) is 14.6. The Bertz CT molecular complexity index is 282. The van der Waals surface area contributed by atoms with Crippen LogP contribution >= 0.6 is 0 Å². The third kappa shape index (κ3) is 3.05. The van der Waals surface area contributed by atoms with Crippen LogP contribution in [0.25, 0.3) is 0 Å². The van der Waals surface area contributed by atoms with Crippen molar-refractivity contribution in [2.75, 3.05) is 0 Å². The monoisotopic (exact) mass is 252 g/mol. The van der Waals surface area contributed by atoms with E-state index in [9.17, 15) is 4.79 Å². The second kappa shape index (κ2) is 6.05. The first-order valence-electron chi connectivity index (χ1n) is 7.66. The van der Waals surface area contributed by atoms with Gasteiger partial charge in [-0.25, -0.2) is 0 Å². The van der Waals surface area contributed by atoms with Crippen LogP contribution in [-0.4, -0.2) is 28.9 Å². The smallest absolute Gasteiger partial charge is 0.223 e. The third-order valence-electron chi connectivity index (χ3n) is 4.89. The van der Waals surface area contributed by atoms with Crippen molar-refractivity contribution in [2.24, 2.45) is 11.7 Å². The zero-order valence-corrected chi connectivity index (χ0v) is 11.9. The van der Waals surface area contributed by atoms with Gasteiger partial charge in [-0.1, -0.05) is 12.8 Å². The van der Waals surface area contributed by atoms with Crippen molar-refractivity contribution in [3.8, 4) is 0 Å². The molecule has 1 heterocycles. The van der Waals surface area contributed by atoms with Crippen molar-refractivity contribution in [2.45, 2.75) is 83.3 Å². The molecule has 1 aliphatic carbocycles. The number of amides is 1. The summed E-state index contributed by atoms with van der Waals surface area (Å²) < 4.78 is 0. The molecule has 3 heteroatoms. The molecular formula is C15H28N2O. The van der Waals surface area contributed by atoms with Crippen LogP contribution in [-0.2, 0) is 4.79 Å². The fourth-order valence-electron chi connectivity index (χ4n) is 3.73. The fraction of sp³-hybridized carbons (Fsp3) is 0.933. The lowest BCUT2D eigenvalue weighted by Gasteiger charge is -2.40. The molecule has 104 valence electrons. The van der Waals surface area contributed by atoms with Gasteiger partial charge in [0.05, 0.1) is 0 Å². The van der Waals surface area contributed by atoms with E-state index < -0.39 is 0 Å². The van der Waals surface area contributed by atoms with Crippen LogP contribution in [0.1, 0.15) is 65.2 Å². The third-order valence-corrected chi connectivity index (χ3v) is 4.89. The molecule has 3 nitrogen and oxygen atoms in total. The number of nitrogens with zero attached hydrogens (tertiary/aromatic N) is 1. The van der Waals surface area contributed by atoms with Gasteiger partial charge in [0, 0.05) is 24.5 Å². The van der Waals surface area contributed by atoms with Gasteiger partial charge in [0.15, 0.2) is 0 Å². The molecule has 0 spiro atoms. The molecule has 1 amide bonds. The van der Waals surface area contributed by atoms with Gasteiger partial charge < -0.3 is 10.6 Å². The van der Waals surface area contributed by atoms with E-state index in [1.807, 2.05) is 0 Å². The minimum absolute atomic E-state index is 0.248. The normalized spacial score (nSPS) is 37.6. The van der Waals surface area contributed by atoms with Gasteiger partial charge >= 0.3 is 0 Å². The van der Waals surface area contributed by atoms with E-state index in [4.69, 9.17) is 5.73 Å². The van der Waals surface area contributed by atoms with Crippen molar-refractivity contribution in [1.82, 2.24) is 4.90 Å². The van der Waals surface area contributed by atoms with E-state index in [1.165, 1.54) is 19.3 Å². The van der Waals surface area contributed by atoms with Crippen LogP contribution in [0.15, 0.2) is 0 Å². The van der Waals surface area contributed by atoms with E-state index in [0.29, 0.717) is 30.3 Å². The maximum atomic E-state index is 12.5. The molecule has 0 radical (unpaired) electrons. The van der Waals surface area contributed by atoms with E-state index >= 15 is 0 Å². The van der Waals surface area contributed by atoms with Crippen molar-refractivity contribution < 1.29 is 4.79 Å². The molecule has 0 aromatic heterocycles. The largest absolute Gasteiger partial charge is 0.337 e. The standard InChI is InChI=1S/C15H28N2O/c1-11-6-5-7-12(2)17(11)15(18)10-13-8-3-4-9-14(13)16/h11-14H,3-10,16H2,1-2H3. The molecule has 1 aliphatic heterocycles. The zero-order chi connectivity index (χ0) is 13.1. The molecule has 1 saturated heterocycles. The molecule has 0 bridgehead atoms. The highest BCUT2D eigenvalue weighted by Gasteiger charge is 2.32. The maximum Gasteiger partial charge on any atom is 0.223 e. The maximum absolute atomic E-state index is 12.5. The summed E-state index contributed by atoms with van der Waals surface area (Å²) in [5.74, 6) is 0.768. The summed E-state index contributed by atoms with van der Waals surface area (Å²) in [5, 5.41) is 0. The number of carbonyl (C=O) groups is 1. The second-order valence-electron chi connectivity index (χ2n) is 6.34. The SMILES string of the molecule is CC1CCCC(C)N1C(=O)CC1CCCCC1N. The topological polar surface area (TPSA) is 46.3 Å². The van der Waals surface area contributed by atoms with E-state index in [0.717, 1.165) is 25.7 Å². The number of piperidine rings is 1. The quantitative estimate of drug-likeness (QED) is 0.821. The fourth-order valence-corrected chi connectivity index (χ4v) is 3.73. The van der Waals surface area contributed by atoms with Gasteiger partial charge in [0.1, 0.15) is 0 Å². The van der Waals surface area contributed by atoms with Crippen molar-refractivity contribution in [1.29, 1.82) is 0 Å². The Morgan fingerprint density at radius 1 is 1.06 bits per heavy atom. The zero-order valence-electron chi connectivity index (χ0n) is 11.9. The van der Waals surface area contributed by atoms with Crippen molar-refractivity contribution >= 4 is 5.91 Å². The molecule has 2 N–H and O–H groups in total. The minimum atomic E-state index is 0.248. The van der Waals surface area contributed by atoms with Crippen LogP contribution < -0.4 is 5.73 Å². The van der Waals surface area contributed by atoms with Gasteiger partial charge in [-0.3, -0.25) is 4.79 Å². The predicted molar refractivity (Wildman–Crippen MR) is 74.2 cm³/mol. The van der Waals surface area contributed by atoms with Crippen LogP contribution in [0.3, 0.4) is 0 Å². The second-order valence-corrected chi connectivity index (χ2v) is 6.34. The Balaban J connectivity index is 1.93. The van der Waals surface area contributed by atoms with Crippen molar-refractivity contribution in [3.05, 3.63) is 0 Å². The van der Waals surface area contributed by atoms with Crippen LogP contribution in [0.2, 0.25) is 0 Å². The summed E-state index contributed by atoms with van der Waals surface area (Å²) in [6, 6.07) is 1.08. The Morgan fingerprint density at radius 2 is 1.67 bits per heavy atom. The van der Waals surface area contributed by atoms with Crippen LogP contribution in [0, 0.1) is 5.92 Å². The van der Waals surface area contributed by atoms with E-state index in [-0.39, 0.29) is 6.04 Å². The lowest BCUT2D eigenvalue weighted by atomic mass is 9.82. The van der Waals surface area contributed by atoms with Gasteiger partial charge in [-0.05, 0) is 51.9 Å². The predicted octanol–water partition coefficient (Wildman–Crippen LogP) is 2.68. The summed E-state index contributed by atoms with van der Waals surface area (Å²) in [7, 11) is 0. The molecule has 18 heavy (non-hydrogen) atoms. The Labute approximate surface area is 111 Å². The number of likely N-dealkylation sites (tertiary alicyclic amines) is 1. The van der Waals surface area contributed by atoms with Gasteiger partial charge in [-0.15, -0.1) is 0 Å². The number of hydrogen-bond donors (Lipinski definition) is 1. The molecule has 0 aromatic carbocycles. The first-order valence-corrected chi connectivity index (χ1v) is 7.66. The lowest BCUT2D eigenvalue weighted by molar-refractivity contribution is -0.138. The molecule has 2 aliphatic rings. The number of nitrogens with two attached hydrogens (primary N) is 1. The summed E-state index contributed by atoms with van der Waals surface area (Å²) >= 11 is 0. The number of rotatable bonds is 2. The highest BCUT2D eigenvalue weighted by molar-refractivity contribution is 5.77. The van der Waals surface area contributed by atoms with E-state index in [1.54, 1.807) is 0 Å². The van der Waals surface area contributed by atoms with Gasteiger partial charge in [-0.2, -0.15) is 0 Å². The Morgan fingerprint density at radius 3 is 2.28 bits per heavy atom. The molecule has 4 atom stereocenters. The summed E-state index contributed by atoms with van der Waals surface area (Å²) in [5.41, 5.74) is 6.16. The molecule has 4 unspecified atom stereocenters. The summed E-state index contributed by atoms with van der Waals surface area (Å²) in [6.45, 7) is 4.38. The molecular weight excluding hydrogens is 224 g/mol. The molecule has 1 saturated carbocycles. The van der Waals surface area contributed by atoms with Crippen molar-refractivity contribution in [3.63, 3.8) is 0 Å². The minimum Gasteiger partial charge on any atom is -0.337 e. The Hall–Kier alpha value is -0.570. The van der Waals surface area contributed by atoms with E-state index in [2.05, 4.69) is 18.7 Å². The van der Waals surface area contributed by atoms with Gasteiger partial charge in [0.25, 0.3) is 0 Å². The highest BCUT2D eigenvalue weighted by atomic mass is 16.2. The first-order chi connectivity index (χ1) is 8.59.